The molecule has 100 valence electrons. The summed E-state index contributed by atoms with van der Waals surface area (Å²) in [5, 5.41) is 9.13. The zero-order valence-corrected chi connectivity index (χ0v) is 11.4. The highest BCUT2D eigenvalue weighted by Crippen LogP contribution is 2.22. The average Bonchev–Trinajstić information content (AvgIpc) is 2.29. The third kappa shape index (κ3) is 3.47. The van der Waals surface area contributed by atoms with Crippen molar-refractivity contribution in [3.05, 3.63) is 29.3 Å². The number of carbonyl (C=O) groups is 1. The lowest BCUT2D eigenvalue weighted by Gasteiger charge is -2.24. The van der Waals surface area contributed by atoms with E-state index in [1.165, 1.54) is 0 Å². The van der Waals surface area contributed by atoms with Gasteiger partial charge in [0, 0.05) is 12.1 Å². The Kier molecular flexibility index (Phi) is 5.16. The number of nitrogens with zero attached hydrogens (tertiary/aromatic N) is 1. The van der Waals surface area contributed by atoms with E-state index in [1.54, 1.807) is 7.11 Å². The van der Waals surface area contributed by atoms with E-state index in [0.717, 1.165) is 16.9 Å². The highest BCUT2D eigenvalue weighted by atomic mass is 16.5. The average molecular weight is 251 g/mol. The van der Waals surface area contributed by atoms with Crippen molar-refractivity contribution >= 4 is 5.97 Å². The third-order valence-electron chi connectivity index (χ3n) is 3.06. The van der Waals surface area contributed by atoms with Crippen molar-refractivity contribution in [2.24, 2.45) is 0 Å². The number of carboxylic acid groups (broad SMARTS) is 1. The molecule has 1 aromatic carbocycles. The molecule has 1 rings (SSSR count). The van der Waals surface area contributed by atoms with Crippen molar-refractivity contribution in [3.8, 4) is 5.75 Å². The molecule has 0 radical (unpaired) electrons. The van der Waals surface area contributed by atoms with Crippen LogP contribution >= 0.6 is 0 Å². The molecular formula is C14H21NO3. The molecule has 0 amide bonds. The predicted molar refractivity (Wildman–Crippen MR) is 70.9 cm³/mol. The summed E-state index contributed by atoms with van der Waals surface area (Å²) < 4.78 is 5.30. The maximum absolute atomic E-state index is 11.1. The number of hydrogen-bond donors (Lipinski definition) is 1. The fourth-order valence-electron chi connectivity index (χ4n) is 2.08. The monoisotopic (exact) mass is 251 g/mol. The Bertz CT molecular complexity index is 418. The topological polar surface area (TPSA) is 49.8 Å². The Morgan fingerprint density at radius 2 is 2.17 bits per heavy atom. The van der Waals surface area contributed by atoms with Crippen molar-refractivity contribution in [3.63, 3.8) is 0 Å². The molecular weight excluding hydrogens is 230 g/mol. The van der Waals surface area contributed by atoms with Crippen LogP contribution in [0.2, 0.25) is 0 Å². The summed E-state index contributed by atoms with van der Waals surface area (Å²) in [5.41, 5.74) is 2.15. The highest BCUT2D eigenvalue weighted by Gasteiger charge is 2.21. The van der Waals surface area contributed by atoms with Gasteiger partial charge >= 0.3 is 5.97 Å². The predicted octanol–water partition coefficient (Wildman–Crippen LogP) is 2.30. The van der Waals surface area contributed by atoms with Gasteiger partial charge in [0.1, 0.15) is 11.8 Å². The molecule has 0 aliphatic heterocycles. The van der Waals surface area contributed by atoms with Crippen molar-refractivity contribution in [1.29, 1.82) is 0 Å². The first-order valence-electron chi connectivity index (χ1n) is 6.06. The zero-order valence-electron chi connectivity index (χ0n) is 11.4. The second-order valence-corrected chi connectivity index (χ2v) is 4.49. The number of rotatable bonds is 6. The molecule has 0 aliphatic rings. The molecule has 0 fully saturated rings. The summed E-state index contributed by atoms with van der Waals surface area (Å²) in [6, 6.07) is 5.47. The van der Waals surface area contributed by atoms with Crippen LogP contribution in [0.4, 0.5) is 0 Å². The number of ether oxygens (including phenoxy) is 1. The van der Waals surface area contributed by atoms with Crippen molar-refractivity contribution in [2.75, 3.05) is 14.2 Å². The molecule has 4 nitrogen and oxygen atoms in total. The molecule has 0 saturated carbocycles. The van der Waals surface area contributed by atoms with E-state index in [-0.39, 0.29) is 0 Å². The van der Waals surface area contributed by atoms with Crippen molar-refractivity contribution < 1.29 is 14.6 Å². The number of aliphatic carboxylic acids is 1. The van der Waals surface area contributed by atoms with E-state index < -0.39 is 12.0 Å². The summed E-state index contributed by atoms with van der Waals surface area (Å²) >= 11 is 0. The van der Waals surface area contributed by atoms with Crippen molar-refractivity contribution in [2.45, 2.75) is 32.9 Å². The van der Waals surface area contributed by atoms with Crippen LogP contribution in [0.1, 0.15) is 24.5 Å². The normalized spacial score (nSPS) is 12.5. The van der Waals surface area contributed by atoms with Gasteiger partial charge in [-0.3, -0.25) is 9.69 Å². The van der Waals surface area contributed by atoms with E-state index in [0.29, 0.717) is 13.0 Å². The van der Waals surface area contributed by atoms with E-state index in [2.05, 4.69) is 0 Å². The molecule has 0 bridgehead atoms. The maximum atomic E-state index is 11.1. The second-order valence-electron chi connectivity index (χ2n) is 4.49. The van der Waals surface area contributed by atoms with Crippen LogP contribution in [0, 0.1) is 6.92 Å². The third-order valence-corrected chi connectivity index (χ3v) is 3.06. The highest BCUT2D eigenvalue weighted by molar-refractivity contribution is 5.73. The Morgan fingerprint density at radius 3 is 2.67 bits per heavy atom. The zero-order chi connectivity index (χ0) is 13.7. The summed E-state index contributed by atoms with van der Waals surface area (Å²) in [7, 11) is 3.45. The van der Waals surface area contributed by atoms with Crippen LogP contribution in [0.3, 0.4) is 0 Å². The summed E-state index contributed by atoms with van der Waals surface area (Å²) in [6.45, 7) is 4.45. The van der Waals surface area contributed by atoms with Gasteiger partial charge in [0.15, 0.2) is 0 Å². The Balaban J connectivity index is 2.89. The van der Waals surface area contributed by atoms with E-state index >= 15 is 0 Å². The number of methoxy groups -OCH3 is 1. The van der Waals surface area contributed by atoms with E-state index in [9.17, 15) is 4.79 Å². The van der Waals surface area contributed by atoms with E-state index in [1.807, 2.05) is 44.0 Å². The Morgan fingerprint density at radius 1 is 1.50 bits per heavy atom. The molecule has 1 atom stereocenters. The van der Waals surface area contributed by atoms with E-state index in [4.69, 9.17) is 9.84 Å². The van der Waals surface area contributed by atoms with Crippen LogP contribution in [-0.4, -0.2) is 36.2 Å². The Labute approximate surface area is 108 Å². The SMILES string of the molecule is CCC(C(=O)O)N(C)Cc1cc(C)ccc1OC. The lowest BCUT2D eigenvalue weighted by molar-refractivity contribution is -0.143. The summed E-state index contributed by atoms with van der Waals surface area (Å²) in [5.74, 6) is 0.0133. The standard InChI is InChI=1S/C14H21NO3/c1-5-12(14(16)17)15(3)9-11-8-10(2)6-7-13(11)18-4/h6-8,12H,5,9H2,1-4H3,(H,16,17). The number of aryl methyl sites for hydroxylation is 1. The van der Waals surface area contributed by atoms with Crippen LogP contribution in [0.5, 0.6) is 5.75 Å². The molecule has 0 heterocycles. The molecule has 1 N–H and O–H groups in total. The molecule has 0 aliphatic carbocycles. The number of hydrogen-bond acceptors (Lipinski definition) is 3. The van der Waals surface area contributed by atoms with Gasteiger partial charge < -0.3 is 9.84 Å². The Hall–Kier alpha value is -1.55. The molecule has 4 heteroatoms. The first kappa shape index (κ1) is 14.5. The first-order valence-corrected chi connectivity index (χ1v) is 6.06. The maximum Gasteiger partial charge on any atom is 0.320 e. The summed E-state index contributed by atoms with van der Waals surface area (Å²) in [6.07, 6.45) is 0.583. The summed E-state index contributed by atoms with van der Waals surface area (Å²) in [4.78, 5) is 12.9. The largest absolute Gasteiger partial charge is 0.496 e. The van der Waals surface area contributed by atoms with Gasteiger partial charge in [-0.25, -0.2) is 0 Å². The van der Waals surface area contributed by atoms with Gasteiger partial charge in [-0.1, -0.05) is 24.6 Å². The van der Waals surface area contributed by atoms with Crippen LogP contribution in [0.25, 0.3) is 0 Å². The minimum atomic E-state index is -0.786. The van der Waals surface area contributed by atoms with Gasteiger partial charge in [-0.2, -0.15) is 0 Å². The van der Waals surface area contributed by atoms with Crippen LogP contribution < -0.4 is 4.74 Å². The van der Waals surface area contributed by atoms with Gasteiger partial charge in [-0.05, 0) is 26.5 Å². The smallest absolute Gasteiger partial charge is 0.320 e. The van der Waals surface area contributed by atoms with Crippen molar-refractivity contribution in [1.82, 2.24) is 4.90 Å². The molecule has 0 aromatic heterocycles. The van der Waals surface area contributed by atoms with Crippen LogP contribution in [-0.2, 0) is 11.3 Å². The van der Waals surface area contributed by atoms with Gasteiger partial charge in [-0.15, -0.1) is 0 Å². The lowest BCUT2D eigenvalue weighted by Crippen LogP contribution is -2.37. The number of likely N-dealkylation sites (N-methyl/N-ethyl adjacent to an activating group) is 1. The second kappa shape index (κ2) is 6.40. The van der Waals surface area contributed by atoms with Gasteiger partial charge in [0.05, 0.1) is 7.11 Å². The molecule has 1 unspecified atom stereocenters. The lowest BCUT2D eigenvalue weighted by atomic mass is 10.1. The molecule has 1 aromatic rings. The van der Waals surface area contributed by atoms with Gasteiger partial charge in [0.2, 0.25) is 0 Å². The number of benzene rings is 1. The van der Waals surface area contributed by atoms with Crippen LogP contribution in [0.15, 0.2) is 18.2 Å². The fourth-order valence-corrected chi connectivity index (χ4v) is 2.08. The van der Waals surface area contributed by atoms with Gasteiger partial charge in [0.25, 0.3) is 0 Å². The fraction of sp³-hybridized carbons (Fsp3) is 0.500. The minimum Gasteiger partial charge on any atom is -0.496 e. The number of carboxylic acids is 1. The molecule has 0 saturated heterocycles. The minimum absolute atomic E-state index is 0.463. The molecule has 18 heavy (non-hydrogen) atoms. The quantitative estimate of drug-likeness (QED) is 0.843. The first-order chi connectivity index (χ1) is 8.49. The molecule has 0 spiro atoms.